The molecule has 0 fully saturated rings. The Labute approximate surface area is 105 Å². The zero-order valence-electron chi connectivity index (χ0n) is 8.83. The third kappa shape index (κ3) is 2.52. The standard InChI is InChI=1S/C11H10BrFO4/c12-9-10(13)6(5-8(14)15)4-7-11(9)17-3-1-2-16-7/h4H,1-3,5H2,(H,14,15). The van der Waals surface area contributed by atoms with Crippen LogP contribution in [0, 0.1) is 5.82 Å². The van der Waals surface area contributed by atoms with E-state index in [9.17, 15) is 9.18 Å². The number of carboxylic acid groups (broad SMARTS) is 1. The molecule has 0 spiro atoms. The van der Waals surface area contributed by atoms with Crippen LogP contribution in [0.2, 0.25) is 0 Å². The van der Waals surface area contributed by atoms with E-state index in [1.165, 1.54) is 6.07 Å². The monoisotopic (exact) mass is 304 g/mol. The predicted octanol–water partition coefficient (Wildman–Crippen LogP) is 2.38. The van der Waals surface area contributed by atoms with Crippen LogP contribution in [0.15, 0.2) is 10.5 Å². The molecule has 0 aliphatic carbocycles. The van der Waals surface area contributed by atoms with Crippen LogP contribution in [0.1, 0.15) is 12.0 Å². The lowest BCUT2D eigenvalue weighted by molar-refractivity contribution is -0.136. The highest BCUT2D eigenvalue weighted by molar-refractivity contribution is 9.10. The van der Waals surface area contributed by atoms with E-state index in [0.717, 1.165) is 0 Å². The topological polar surface area (TPSA) is 55.8 Å². The van der Waals surface area contributed by atoms with Gasteiger partial charge in [-0.3, -0.25) is 4.79 Å². The maximum Gasteiger partial charge on any atom is 0.307 e. The zero-order valence-corrected chi connectivity index (χ0v) is 10.4. The Balaban J connectivity index is 2.47. The van der Waals surface area contributed by atoms with Crippen molar-refractivity contribution in [1.29, 1.82) is 0 Å². The molecule has 6 heteroatoms. The van der Waals surface area contributed by atoms with Gasteiger partial charge in [-0.2, -0.15) is 0 Å². The Bertz CT molecular complexity index is 461. The molecule has 17 heavy (non-hydrogen) atoms. The van der Waals surface area contributed by atoms with Crippen LogP contribution in [-0.4, -0.2) is 24.3 Å². The number of benzene rings is 1. The highest BCUT2D eigenvalue weighted by Gasteiger charge is 2.21. The molecule has 0 saturated heterocycles. The first-order valence-corrected chi connectivity index (χ1v) is 5.87. The molecular weight excluding hydrogens is 295 g/mol. The van der Waals surface area contributed by atoms with Gasteiger partial charge < -0.3 is 14.6 Å². The van der Waals surface area contributed by atoms with Gasteiger partial charge in [0.25, 0.3) is 0 Å². The largest absolute Gasteiger partial charge is 0.490 e. The Kier molecular flexibility index (Phi) is 3.51. The second-order valence-electron chi connectivity index (χ2n) is 3.61. The van der Waals surface area contributed by atoms with Crippen molar-refractivity contribution >= 4 is 21.9 Å². The van der Waals surface area contributed by atoms with Crippen molar-refractivity contribution in [2.75, 3.05) is 13.2 Å². The summed E-state index contributed by atoms with van der Waals surface area (Å²) in [6.07, 6.45) is 0.318. The number of hydrogen-bond donors (Lipinski definition) is 1. The van der Waals surface area contributed by atoms with Gasteiger partial charge in [0.1, 0.15) is 5.82 Å². The van der Waals surface area contributed by atoms with Crippen LogP contribution in [0.4, 0.5) is 4.39 Å². The van der Waals surface area contributed by atoms with Crippen molar-refractivity contribution in [3.05, 3.63) is 21.9 Å². The van der Waals surface area contributed by atoms with E-state index < -0.39 is 11.8 Å². The highest BCUT2D eigenvalue weighted by atomic mass is 79.9. The van der Waals surface area contributed by atoms with Crippen molar-refractivity contribution < 1.29 is 23.8 Å². The summed E-state index contributed by atoms with van der Waals surface area (Å²) in [5.41, 5.74) is 0.0774. The van der Waals surface area contributed by atoms with Gasteiger partial charge >= 0.3 is 5.97 Å². The van der Waals surface area contributed by atoms with Gasteiger partial charge in [-0.25, -0.2) is 4.39 Å². The Morgan fingerprint density at radius 1 is 1.47 bits per heavy atom. The summed E-state index contributed by atoms with van der Waals surface area (Å²) < 4.78 is 24.7. The van der Waals surface area contributed by atoms with Gasteiger partial charge in [0, 0.05) is 12.0 Å². The Hall–Kier alpha value is -1.30. The van der Waals surface area contributed by atoms with Gasteiger partial charge in [-0.05, 0) is 22.0 Å². The SMILES string of the molecule is O=C(O)Cc1cc2c(c(Br)c1F)OCCCO2. The van der Waals surface area contributed by atoms with Gasteiger partial charge in [0.2, 0.25) is 0 Å². The van der Waals surface area contributed by atoms with Gasteiger partial charge in [0.15, 0.2) is 11.5 Å². The third-order valence-electron chi connectivity index (χ3n) is 2.34. The van der Waals surface area contributed by atoms with Crippen molar-refractivity contribution in [1.82, 2.24) is 0 Å². The first-order valence-electron chi connectivity index (χ1n) is 5.08. The summed E-state index contributed by atoms with van der Waals surface area (Å²) in [5.74, 6) is -1.02. The van der Waals surface area contributed by atoms with E-state index >= 15 is 0 Å². The first-order chi connectivity index (χ1) is 8.09. The summed E-state index contributed by atoms with van der Waals surface area (Å²) in [7, 11) is 0. The molecule has 0 saturated carbocycles. The van der Waals surface area contributed by atoms with Gasteiger partial charge in [-0.15, -0.1) is 0 Å². The average Bonchev–Trinajstić information content (AvgIpc) is 2.50. The highest BCUT2D eigenvalue weighted by Crippen LogP contribution is 2.40. The molecule has 0 bridgehead atoms. The number of hydrogen-bond acceptors (Lipinski definition) is 3. The lowest BCUT2D eigenvalue weighted by atomic mass is 10.1. The lowest BCUT2D eigenvalue weighted by Gasteiger charge is -2.12. The van der Waals surface area contributed by atoms with Crippen LogP contribution in [-0.2, 0) is 11.2 Å². The molecule has 1 N–H and O–H groups in total. The lowest BCUT2D eigenvalue weighted by Crippen LogP contribution is -2.05. The number of ether oxygens (including phenoxy) is 2. The molecule has 0 aromatic heterocycles. The molecule has 0 amide bonds. The van der Waals surface area contributed by atoms with Crippen molar-refractivity contribution in [2.24, 2.45) is 0 Å². The maximum atomic E-state index is 13.8. The normalized spacial score (nSPS) is 14.2. The van der Waals surface area contributed by atoms with Crippen LogP contribution >= 0.6 is 15.9 Å². The number of carboxylic acids is 1. The molecule has 1 heterocycles. The van der Waals surface area contributed by atoms with Crippen LogP contribution in [0.25, 0.3) is 0 Å². The predicted molar refractivity (Wildman–Crippen MR) is 61.0 cm³/mol. The molecule has 0 unspecified atom stereocenters. The van der Waals surface area contributed by atoms with Crippen molar-refractivity contribution in [2.45, 2.75) is 12.8 Å². The molecular formula is C11H10BrFO4. The van der Waals surface area contributed by atoms with Crippen molar-refractivity contribution in [3.8, 4) is 11.5 Å². The molecule has 1 aliphatic heterocycles. The van der Waals surface area contributed by atoms with E-state index in [4.69, 9.17) is 14.6 Å². The minimum atomic E-state index is -1.09. The second kappa shape index (κ2) is 4.91. The molecule has 2 rings (SSSR count). The summed E-state index contributed by atoms with van der Waals surface area (Å²) in [6.45, 7) is 0.918. The van der Waals surface area contributed by atoms with Crippen molar-refractivity contribution in [3.63, 3.8) is 0 Å². The molecule has 1 aromatic rings. The van der Waals surface area contributed by atoms with E-state index in [1.807, 2.05) is 0 Å². The minimum absolute atomic E-state index is 0.0774. The number of carbonyl (C=O) groups is 1. The van der Waals surface area contributed by atoms with Crippen LogP contribution in [0.5, 0.6) is 11.5 Å². The van der Waals surface area contributed by atoms with E-state index in [2.05, 4.69) is 15.9 Å². The molecule has 0 atom stereocenters. The van der Waals surface area contributed by atoms with E-state index in [-0.39, 0.29) is 16.5 Å². The molecule has 1 aromatic carbocycles. The fourth-order valence-electron chi connectivity index (χ4n) is 1.58. The number of rotatable bonds is 2. The molecule has 92 valence electrons. The quantitative estimate of drug-likeness (QED) is 0.911. The first kappa shape index (κ1) is 12.2. The summed E-state index contributed by atoms with van der Waals surface area (Å²) >= 11 is 3.07. The fraction of sp³-hybridized carbons (Fsp3) is 0.364. The zero-order chi connectivity index (χ0) is 12.4. The van der Waals surface area contributed by atoms with E-state index in [1.54, 1.807) is 0 Å². The fourth-order valence-corrected chi connectivity index (χ4v) is 2.15. The van der Waals surface area contributed by atoms with Crippen LogP contribution < -0.4 is 9.47 Å². The average molecular weight is 305 g/mol. The summed E-state index contributed by atoms with van der Waals surface area (Å²) in [5, 5.41) is 8.69. The van der Waals surface area contributed by atoms with Crippen LogP contribution in [0.3, 0.4) is 0 Å². The van der Waals surface area contributed by atoms with E-state index in [0.29, 0.717) is 31.1 Å². The smallest absolute Gasteiger partial charge is 0.307 e. The summed E-state index contributed by atoms with van der Waals surface area (Å²) in [6, 6.07) is 1.38. The number of fused-ring (bicyclic) bond motifs is 1. The number of halogens is 2. The molecule has 1 aliphatic rings. The van der Waals surface area contributed by atoms with Gasteiger partial charge in [0.05, 0.1) is 24.1 Å². The minimum Gasteiger partial charge on any atom is -0.490 e. The maximum absolute atomic E-state index is 13.8. The summed E-state index contributed by atoms with van der Waals surface area (Å²) in [4.78, 5) is 10.6. The third-order valence-corrected chi connectivity index (χ3v) is 3.05. The Morgan fingerprint density at radius 3 is 2.88 bits per heavy atom. The Morgan fingerprint density at radius 2 is 2.18 bits per heavy atom. The number of aliphatic carboxylic acids is 1. The van der Waals surface area contributed by atoms with Gasteiger partial charge in [-0.1, -0.05) is 0 Å². The molecule has 0 radical (unpaired) electrons. The second-order valence-corrected chi connectivity index (χ2v) is 4.40. The molecule has 4 nitrogen and oxygen atoms in total.